The van der Waals surface area contributed by atoms with Gasteiger partial charge in [-0.1, -0.05) is 6.07 Å². The molecule has 4 heterocycles. The number of piperidine rings is 1. The molecular weight excluding hydrogens is 411 g/mol. The first-order valence-electron chi connectivity index (χ1n) is 9.73. The zero-order valence-corrected chi connectivity index (χ0v) is 17.2. The summed E-state index contributed by atoms with van der Waals surface area (Å²) >= 11 is 0. The fourth-order valence-electron chi connectivity index (χ4n) is 4.50. The number of sulfonamides is 1. The van der Waals surface area contributed by atoms with Gasteiger partial charge in [0.1, 0.15) is 5.60 Å². The lowest BCUT2D eigenvalue weighted by Gasteiger charge is -2.39. The third-order valence-electron chi connectivity index (χ3n) is 6.21. The molecule has 2 saturated heterocycles. The summed E-state index contributed by atoms with van der Waals surface area (Å²) in [4.78, 5) is 17.4. The maximum absolute atomic E-state index is 14.9. The molecule has 0 saturated carbocycles. The molecule has 2 fully saturated rings. The summed E-state index contributed by atoms with van der Waals surface area (Å²) in [6.07, 6.45) is 3.58. The van der Waals surface area contributed by atoms with E-state index in [2.05, 4.69) is 10.3 Å². The highest BCUT2D eigenvalue weighted by molar-refractivity contribution is 7.92. The molecule has 1 N–H and O–H groups in total. The standard InChI is InChI=1S/C20H21FN4O4S/c1-24-17-3-2-13(8-14(17)11-30(24,27)28)15-9-22-10-16(21)18(15)25-6-4-20(5-7-25)12-23-19(26)29-20/h2-3,8-10H,4-7,11-12H2,1H3,(H,23,26). The summed E-state index contributed by atoms with van der Waals surface area (Å²) < 4.78 is 46.0. The quantitative estimate of drug-likeness (QED) is 0.783. The van der Waals surface area contributed by atoms with Crippen LogP contribution in [0.5, 0.6) is 0 Å². The van der Waals surface area contributed by atoms with Gasteiger partial charge in [-0.25, -0.2) is 17.6 Å². The number of carbonyl (C=O) groups excluding carboxylic acids is 1. The van der Waals surface area contributed by atoms with E-state index in [1.165, 1.54) is 17.5 Å². The zero-order chi connectivity index (χ0) is 21.1. The van der Waals surface area contributed by atoms with Crippen molar-refractivity contribution in [2.45, 2.75) is 24.2 Å². The number of aromatic nitrogens is 1. The number of rotatable bonds is 2. The van der Waals surface area contributed by atoms with Crippen molar-refractivity contribution in [3.05, 3.63) is 42.0 Å². The predicted octanol–water partition coefficient (Wildman–Crippen LogP) is 2.25. The van der Waals surface area contributed by atoms with E-state index >= 15 is 0 Å². The van der Waals surface area contributed by atoms with Gasteiger partial charge >= 0.3 is 6.09 Å². The van der Waals surface area contributed by atoms with Crippen LogP contribution in [-0.4, -0.2) is 51.8 Å². The monoisotopic (exact) mass is 432 g/mol. The third-order valence-corrected chi connectivity index (χ3v) is 7.92. The van der Waals surface area contributed by atoms with Crippen molar-refractivity contribution in [3.63, 3.8) is 0 Å². The van der Waals surface area contributed by atoms with Crippen LogP contribution in [-0.2, 0) is 20.5 Å². The molecule has 0 bridgehead atoms. The van der Waals surface area contributed by atoms with Crippen LogP contribution in [0, 0.1) is 5.82 Å². The molecule has 158 valence electrons. The van der Waals surface area contributed by atoms with Crippen molar-refractivity contribution in [2.75, 3.05) is 35.9 Å². The molecule has 3 aliphatic rings. The molecule has 1 spiro atoms. The Morgan fingerprint density at radius 1 is 1.23 bits per heavy atom. The van der Waals surface area contributed by atoms with Gasteiger partial charge in [0.05, 0.1) is 29.9 Å². The number of benzene rings is 1. The van der Waals surface area contributed by atoms with E-state index in [9.17, 15) is 17.6 Å². The number of nitrogens with one attached hydrogen (secondary N) is 1. The lowest BCUT2D eigenvalue weighted by Crippen LogP contribution is -2.47. The first-order valence-corrected chi connectivity index (χ1v) is 11.3. The molecule has 0 aliphatic carbocycles. The maximum atomic E-state index is 14.9. The van der Waals surface area contributed by atoms with Crippen molar-refractivity contribution < 1.29 is 22.3 Å². The second-order valence-electron chi connectivity index (χ2n) is 8.00. The highest BCUT2D eigenvalue weighted by atomic mass is 32.2. The van der Waals surface area contributed by atoms with Crippen molar-refractivity contribution in [2.24, 2.45) is 0 Å². The fourth-order valence-corrected chi connectivity index (χ4v) is 5.79. The van der Waals surface area contributed by atoms with Crippen LogP contribution in [0.4, 0.5) is 20.6 Å². The van der Waals surface area contributed by atoms with Crippen LogP contribution in [0.1, 0.15) is 18.4 Å². The number of hydrogen-bond donors (Lipinski definition) is 1. The van der Waals surface area contributed by atoms with Crippen LogP contribution in [0.2, 0.25) is 0 Å². The van der Waals surface area contributed by atoms with E-state index in [-0.39, 0.29) is 5.75 Å². The lowest BCUT2D eigenvalue weighted by molar-refractivity contribution is 0.0366. The smallest absolute Gasteiger partial charge is 0.407 e. The molecule has 5 rings (SSSR count). The molecule has 1 aromatic heterocycles. The van der Waals surface area contributed by atoms with Crippen molar-refractivity contribution >= 4 is 27.5 Å². The van der Waals surface area contributed by atoms with Crippen LogP contribution in [0.25, 0.3) is 11.1 Å². The minimum absolute atomic E-state index is 0.0741. The van der Waals surface area contributed by atoms with Crippen LogP contribution in [0.15, 0.2) is 30.6 Å². The second-order valence-corrected chi connectivity index (χ2v) is 10.00. The van der Waals surface area contributed by atoms with Gasteiger partial charge < -0.3 is 15.0 Å². The molecule has 1 amide bonds. The summed E-state index contributed by atoms with van der Waals surface area (Å²) in [6, 6.07) is 5.34. The van der Waals surface area contributed by atoms with Gasteiger partial charge in [0.25, 0.3) is 0 Å². The molecular formula is C20H21FN4O4S. The minimum atomic E-state index is -3.35. The van der Waals surface area contributed by atoms with E-state index in [0.29, 0.717) is 55.0 Å². The number of alkyl carbamates (subject to hydrolysis) is 1. The third kappa shape index (κ3) is 2.97. The van der Waals surface area contributed by atoms with E-state index < -0.39 is 27.5 Å². The number of ether oxygens (including phenoxy) is 1. The number of amides is 1. The Balaban J connectivity index is 1.48. The van der Waals surface area contributed by atoms with Crippen LogP contribution < -0.4 is 14.5 Å². The number of pyridine rings is 1. The average Bonchev–Trinajstić information content (AvgIpc) is 3.18. The van der Waals surface area contributed by atoms with Gasteiger partial charge in [0.2, 0.25) is 10.0 Å². The Kier molecular flexibility index (Phi) is 4.18. The normalized spacial score (nSPS) is 21.5. The Hall–Kier alpha value is -2.88. The molecule has 1 aromatic carbocycles. The largest absolute Gasteiger partial charge is 0.441 e. The van der Waals surface area contributed by atoms with E-state index in [1.54, 1.807) is 24.4 Å². The summed E-state index contributed by atoms with van der Waals surface area (Å²) in [5, 5.41) is 2.70. The van der Waals surface area contributed by atoms with Gasteiger partial charge in [-0.15, -0.1) is 0 Å². The highest BCUT2D eigenvalue weighted by Crippen LogP contribution is 2.40. The van der Waals surface area contributed by atoms with Gasteiger partial charge in [0, 0.05) is 44.7 Å². The van der Waals surface area contributed by atoms with Crippen LogP contribution >= 0.6 is 0 Å². The molecule has 0 radical (unpaired) electrons. The SMILES string of the molecule is CN1c2ccc(-c3cncc(F)c3N3CCC4(CC3)CNC(=O)O4)cc2CS1(=O)=O. The molecule has 8 nitrogen and oxygen atoms in total. The molecule has 0 atom stereocenters. The number of carbonyl (C=O) groups is 1. The number of halogens is 1. The van der Waals surface area contributed by atoms with E-state index in [4.69, 9.17) is 4.74 Å². The lowest BCUT2D eigenvalue weighted by atomic mass is 9.90. The topological polar surface area (TPSA) is 91.8 Å². The Morgan fingerprint density at radius 2 is 2.00 bits per heavy atom. The molecule has 0 unspecified atom stereocenters. The zero-order valence-electron chi connectivity index (χ0n) is 16.4. The minimum Gasteiger partial charge on any atom is -0.441 e. The average molecular weight is 432 g/mol. The summed E-state index contributed by atoms with van der Waals surface area (Å²) in [5.41, 5.74) is 2.57. The van der Waals surface area contributed by atoms with Gasteiger partial charge in [-0.3, -0.25) is 9.29 Å². The number of nitrogens with zero attached hydrogens (tertiary/aromatic N) is 3. The van der Waals surface area contributed by atoms with Gasteiger partial charge in [-0.05, 0) is 23.3 Å². The van der Waals surface area contributed by atoms with Crippen molar-refractivity contribution in [1.82, 2.24) is 10.3 Å². The highest BCUT2D eigenvalue weighted by Gasteiger charge is 2.43. The molecule has 3 aliphatic heterocycles. The molecule has 10 heteroatoms. The molecule has 2 aromatic rings. The number of fused-ring (bicyclic) bond motifs is 1. The fraction of sp³-hybridized carbons (Fsp3) is 0.400. The van der Waals surface area contributed by atoms with Crippen molar-refractivity contribution in [3.8, 4) is 11.1 Å². The predicted molar refractivity (Wildman–Crippen MR) is 109 cm³/mol. The van der Waals surface area contributed by atoms with E-state index in [1.807, 2.05) is 4.90 Å². The second kappa shape index (κ2) is 6.56. The van der Waals surface area contributed by atoms with Gasteiger partial charge in [-0.2, -0.15) is 0 Å². The summed E-state index contributed by atoms with van der Waals surface area (Å²) in [6.45, 7) is 1.54. The van der Waals surface area contributed by atoms with Crippen LogP contribution in [0.3, 0.4) is 0 Å². The Bertz CT molecular complexity index is 1150. The van der Waals surface area contributed by atoms with E-state index in [0.717, 1.165) is 5.56 Å². The number of anilines is 2. The molecule has 30 heavy (non-hydrogen) atoms. The Labute approximate surface area is 173 Å². The Morgan fingerprint density at radius 3 is 2.70 bits per heavy atom. The maximum Gasteiger partial charge on any atom is 0.407 e. The van der Waals surface area contributed by atoms with Gasteiger partial charge in [0.15, 0.2) is 5.82 Å². The number of hydrogen-bond acceptors (Lipinski definition) is 6. The van der Waals surface area contributed by atoms with Crippen molar-refractivity contribution in [1.29, 1.82) is 0 Å². The summed E-state index contributed by atoms with van der Waals surface area (Å²) in [7, 11) is -1.82. The summed E-state index contributed by atoms with van der Waals surface area (Å²) in [5.74, 6) is -0.509. The first kappa shape index (κ1) is 19.1. The first-order chi connectivity index (χ1) is 14.3.